The molecule has 8 heteroatoms. The topological polar surface area (TPSA) is 84.3 Å². The van der Waals surface area contributed by atoms with E-state index in [4.69, 9.17) is 0 Å². The number of hydrogen-bond acceptors (Lipinski definition) is 4. The summed E-state index contributed by atoms with van der Waals surface area (Å²) in [6.07, 6.45) is 8.07. The maximum Gasteiger partial charge on any atom is 0.251 e. The van der Waals surface area contributed by atoms with Gasteiger partial charge in [0.05, 0.1) is 17.1 Å². The zero-order valence-electron chi connectivity index (χ0n) is 16.8. The molecule has 0 spiro atoms. The summed E-state index contributed by atoms with van der Waals surface area (Å²) in [4.78, 5) is 17.4. The molecule has 4 rings (SSSR count). The van der Waals surface area contributed by atoms with E-state index in [0.29, 0.717) is 18.7 Å². The van der Waals surface area contributed by atoms with E-state index in [1.807, 2.05) is 13.1 Å². The third-order valence-electron chi connectivity index (χ3n) is 5.83. The van der Waals surface area contributed by atoms with Gasteiger partial charge in [0.15, 0.2) is 0 Å². The number of sulfonamides is 1. The largest absolute Gasteiger partial charge is 0.346 e. The zero-order chi connectivity index (χ0) is 20.4. The molecule has 1 unspecified atom stereocenters. The van der Waals surface area contributed by atoms with Crippen LogP contribution in [0, 0.1) is 0 Å². The normalized spacial score (nSPS) is 20.2. The van der Waals surface area contributed by atoms with E-state index in [9.17, 15) is 13.2 Å². The number of hydrogen-bond donors (Lipinski definition) is 1. The molecule has 1 amide bonds. The first-order chi connectivity index (χ1) is 13.9. The lowest BCUT2D eigenvalue weighted by atomic mass is 10.1. The lowest BCUT2D eigenvalue weighted by Gasteiger charge is -2.32. The monoisotopic (exact) mass is 416 g/mol. The van der Waals surface area contributed by atoms with Crippen molar-refractivity contribution in [2.24, 2.45) is 0 Å². The predicted octanol–water partition coefficient (Wildman–Crippen LogP) is 2.71. The summed E-state index contributed by atoms with van der Waals surface area (Å²) in [5.74, 6) is 0.781. The van der Waals surface area contributed by atoms with Gasteiger partial charge in [-0.3, -0.25) is 4.79 Å². The van der Waals surface area contributed by atoms with Crippen LogP contribution in [0.4, 0.5) is 0 Å². The van der Waals surface area contributed by atoms with Gasteiger partial charge in [-0.25, -0.2) is 13.4 Å². The van der Waals surface area contributed by atoms with Crippen molar-refractivity contribution in [3.8, 4) is 0 Å². The minimum absolute atomic E-state index is 0.0156. The summed E-state index contributed by atoms with van der Waals surface area (Å²) in [6.45, 7) is 3.78. The lowest BCUT2D eigenvalue weighted by molar-refractivity contribution is 0.0950. The Hall–Kier alpha value is -2.19. The van der Waals surface area contributed by atoms with Crippen molar-refractivity contribution in [3.05, 3.63) is 47.5 Å². The van der Waals surface area contributed by atoms with Gasteiger partial charge in [-0.15, -0.1) is 0 Å². The van der Waals surface area contributed by atoms with Crippen molar-refractivity contribution in [1.82, 2.24) is 19.2 Å². The molecule has 1 N–H and O–H groups in total. The van der Waals surface area contributed by atoms with Crippen molar-refractivity contribution < 1.29 is 13.2 Å². The summed E-state index contributed by atoms with van der Waals surface area (Å²) in [5, 5.41) is 2.87. The smallest absolute Gasteiger partial charge is 0.251 e. The van der Waals surface area contributed by atoms with Gasteiger partial charge < -0.3 is 9.88 Å². The predicted molar refractivity (Wildman–Crippen MR) is 110 cm³/mol. The number of rotatable bonds is 5. The standard InChI is InChI=1S/C21H28N4O3S/c1-16-7-2-5-12-25(16)29(27,28)19-9-6-8-17(13-19)21(26)22-14-18-15-24-11-4-3-10-20(24)23-18/h6,8-9,13,15-16H,2-5,7,10-12,14H2,1H3,(H,22,26). The maximum atomic E-state index is 13.0. The highest BCUT2D eigenvalue weighted by Crippen LogP contribution is 2.25. The number of fused-ring (bicyclic) bond motifs is 1. The number of carbonyl (C=O) groups is 1. The summed E-state index contributed by atoms with van der Waals surface area (Å²) in [7, 11) is -3.60. The van der Waals surface area contributed by atoms with Crippen molar-refractivity contribution in [2.45, 2.75) is 69.5 Å². The Morgan fingerprint density at radius 3 is 2.83 bits per heavy atom. The van der Waals surface area contributed by atoms with Crippen LogP contribution in [0.15, 0.2) is 35.4 Å². The van der Waals surface area contributed by atoms with Crippen molar-refractivity contribution in [3.63, 3.8) is 0 Å². The maximum absolute atomic E-state index is 13.0. The number of nitrogens with one attached hydrogen (secondary N) is 1. The molecule has 1 aromatic carbocycles. The fourth-order valence-corrected chi connectivity index (χ4v) is 5.94. The number of imidazole rings is 1. The molecular formula is C21H28N4O3S. The van der Waals surface area contributed by atoms with E-state index in [-0.39, 0.29) is 16.8 Å². The Morgan fingerprint density at radius 1 is 1.21 bits per heavy atom. The van der Waals surface area contributed by atoms with E-state index in [1.54, 1.807) is 22.5 Å². The molecule has 7 nitrogen and oxygen atoms in total. The van der Waals surface area contributed by atoms with Crippen LogP contribution in [0.5, 0.6) is 0 Å². The lowest BCUT2D eigenvalue weighted by Crippen LogP contribution is -2.42. The third-order valence-corrected chi connectivity index (χ3v) is 7.84. The Balaban J connectivity index is 1.46. The quantitative estimate of drug-likeness (QED) is 0.812. The molecular weight excluding hydrogens is 388 g/mol. The van der Waals surface area contributed by atoms with Gasteiger partial charge in [0.25, 0.3) is 5.91 Å². The van der Waals surface area contributed by atoms with Gasteiger partial charge in [0.2, 0.25) is 10.0 Å². The van der Waals surface area contributed by atoms with E-state index in [2.05, 4.69) is 14.9 Å². The average Bonchev–Trinajstić information content (AvgIpc) is 3.15. The molecule has 0 saturated carbocycles. The molecule has 156 valence electrons. The Morgan fingerprint density at radius 2 is 2.03 bits per heavy atom. The van der Waals surface area contributed by atoms with Crippen LogP contribution in [0.3, 0.4) is 0 Å². The van der Waals surface area contributed by atoms with Crippen LogP contribution in [0.1, 0.15) is 60.9 Å². The molecule has 1 aromatic heterocycles. The van der Waals surface area contributed by atoms with Gasteiger partial charge in [-0.1, -0.05) is 12.5 Å². The van der Waals surface area contributed by atoms with Crippen LogP contribution >= 0.6 is 0 Å². The van der Waals surface area contributed by atoms with Crippen LogP contribution < -0.4 is 5.32 Å². The minimum atomic E-state index is -3.60. The third kappa shape index (κ3) is 4.23. The van der Waals surface area contributed by atoms with E-state index < -0.39 is 10.0 Å². The number of piperidine rings is 1. The van der Waals surface area contributed by atoms with Crippen LogP contribution in [0.25, 0.3) is 0 Å². The molecule has 0 aliphatic carbocycles. The Labute approximate surface area is 172 Å². The van der Waals surface area contributed by atoms with Gasteiger partial charge in [0.1, 0.15) is 5.82 Å². The summed E-state index contributed by atoms with van der Waals surface area (Å²) in [6, 6.07) is 6.30. The molecule has 2 aromatic rings. The molecule has 29 heavy (non-hydrogen) atoms. The average molecular weight is 417 g/mol. The number of carbonyl (C=O) groups excluding carboxylic acids is 1. The molecule has 1 fully saturated rings. The summed E-state index contributed by atoms with van der Waals surface area (Å²) >= 11 is 0. The Kier molecular flexibility index (Phi) is 5.74. The fourth-order valence-electron chi connectivity index (χ4n) is 4.19. The minimum Gasteiger partial charge on any atom is -0.346 e. The van der Waals surface area contributed by atoms with Gasteiger partial charge in [-0.05, 0) is 50.8 Å². The second kappa shape index (κ2) is 8.28. The highest BCUT2D eigenvalue weighted by molar-refractivity contribution is 7.89. The second-order valence-electron chi connectivity index (χ2n) is 7.97. The Bertz CT molecular complexity index is 976. The molecule has 2 aliphatic rings. The van der Waals surface area contributed by atoms with Crippen LogP contribution in [-0.2, 0) is 29.5 Å². The first-order valence-corrected chi connectivity index (χ1v) is 11.8. The molecule has 1 saturated heterocycles. The van der Waals surface area contributed by atoms with Crippen LogP contribution in [0.2, 0.25) is 0 Å². The molecule has 0 radical (unpaired) electrons. The van der Waals surface area contributed by atoms with Crippen molar-refractivity contribution in [2.75, 3.05) is 6.54 Å². The number of nitrogens with zero attached hydrogens (tertiary/aromatic N) is 3. The van der Waals surface area contributed by atoms with Crippen LogP contribution in [-0.4, -0.2) is 40.8 Å². The van der Waals surface area contributed by atoms with Crippen molar-refractivity contribution >= 4 is 15.9 Å². The number of benzene rings is 1. The zero-order valence-corrected chi connectivity index (χ0v) is 17.6. The highest BCUT2D eigenvalue weighted by Gasteiger charge is 2.31. The number of aromatic nitrogens is 2. The van der Waals surface area contributed by atoms with E-state index in [0.717, 1.165) is 56.6 Å². The first-order valence-electron chi connectivity index (χ1n) is 10.4. The first kappa shape index (κ1) is 20.1. The second-order valence-corrected chi connectivity index (χ2v) is 9.86. The summed E-state index contributed by atoms with van der Waals surface area (Å²) < 4.78 is 29.8. The number of amides is 1. The van der Waals surface area contributed by atoms with Gasteiger partial charge in [0, 0.05) is 37.3 Å². The molecule has 1 atom stereocenters. The van der Waals surface area contributed by atoms with E-state index in [1.165, 1.54) is 6.07 Å². The highest BCUT2D eigenvalue weighted by atomic mass is 32.2. The summed E-state index contributed by atoms with van der Waals surface area (Å²) in [5.41, 5.74) is 1.18. The van der Waals surface area contributed by atoms with Gasteiger partial charge in [-0.2, -0.15) is 4.31 Å². The molecule has 0 bridgehead atoms. The van der Waals surface area contributed by atoms with E-state index >= 15 is 0 Å². The van der Waals surface area contributed by atoms with Crippen molar-refractivity contribution in [1.29, 1.82) is 0 Å². The fraction of sp³-hybridized carbons (Fsp3) is 0.524. The van der Waals surface area contributed by atoms with Gasteiger partial charge >= 0.3 is 0 Å². The number of aryl methyl sites for hydroxylation is 2. The molecule has 2 aliphatic heterocycles. The SMILES string of the molecule is CC1CCCCN1S(=O)(=O)c1cccc(C(=O)NCc2cn3c(n2)CCCC3)c1. The molecule has 3 heterocycles.